The van der Waals surface area contributed by atoms with Gasteiger partial charge in [0.15, 0.2) is 0 Å². The molecule has 2 aliphatic heterocycles. The number of likely N-dealkylation sites (tertiary alicyclic amines) is 1. The molecule has 3 heterocycles. The molecule has 6 nitrogen and oxygen atoms in total. The SMILES string of the molecule is O=C(c1cnc(CCc2cccc(OC(F)(F)F)c2)nc1)N1CC2(COC2)C1. The summed E-state index contributed by atoms with van der Waals surface area (Å²) in [6, 6.07) is 5.82. The van der Waals surface area contributed by atoms with E-state index in [1.54, 1.807) is 11.0 Å². The monoisotopic (exact) mass is 393 g/mol. The number of amides is 1. The summed E-state index contributed by atoms with van der Waals surface area (Å²) in [6.45, 7) is 2.82. The van der Waals surface area contributed by atoms with Crippen molar-refractivity contribution >= 4 is 5.91 Å². The number of carbonyl (C=O) groups is 1. The summed E-state index contributed by atoms with van der Waals surface area (Å²) in [5.41, 5.74) is 1.26. The molecule has 2 fully saturated rings. The molecule has 28 heavy (non-hydrogen) atoms. The summed E-state index contributed by atoms with van der Waals surface area (Å²) in [4.78, 5) is 22.6. The second-order valence-electron chi connectivity index (χ2n) is 7.24. The fourth-order valence-electron chi connectivity index (χ4n) is 3.41. The minimum absolute atomic E-state index is 0.0962. The van der Waals surface area contributed by atoms with Crippen LogP contribution >= 0.6 is 0 Å². The smallest absolute Gasteiger partial charge is 0.406 e. The fourth-order valence-corrected chi connectivity index (χ4v) is 3.41. The van der Waals surface area contributed by atoms with Crippen molar-refractivity contribution in [3.8, 4) is 5.75 Å². The summed E-state index contributed by atoms with van der Waals surface area (Å²) < 4.78 is 46.0. The van der Waals surface area contributed by atoms with Crippen LogP contribution in [0.2, 0.25) is 0 Å². The van der Waals surface area contributed by atoms with Gasteiger partial charge in [0.2, 0.25) is 0 Å². The normalized spacial score (nSPS) is 17.8. The molecule has 0 unspecified atom stereocenters. The maximum absolute atomic E-state index is 12.4. The minimum Gasteiger partial charge on any atom is -0.406 e. The topological polar surface area (TPSA) is 64.5 Å². The van der Waals surface area contributed by atoms with Crippen LogP contribution in [0.5, 0.6) is 5.75 Å². The van der Waals surface area contributed by atoms with Gasteiger partial charge < -0.3 is 14.4 Å². The maximum Gasteiger partial charge on any atom is 0.573 e. The van der Waals surface area contributed by atoms with Crippen molar-refractivity contribution in [1.82, 2.24) is 14.9 Å². The number of aromatic nitrogens is 2. The standard InChI is InChI=1S/C19H18F3N3O3/c20-19(21,22)28-15-3-1-2-13(6-15)4-5-16-23-7-14(8-24-16)17(26)25-9-18(10-25)11-27-12-18/h1-3,6-8H,4-5,9-12H2. The molecule has 1 amide bonds. The summed E-state index contributed by atoms with van der Waals surface area (Å²) in [5.74, 6) is 0.170. The Labute approximate surface area is 159 Å². The van der Waals surface area contributed by atoms with Crippen LogP contribution < -0.4 is 4.74 Å². The maximum atomic E-state index is 12.4. The summed E-state index contributed by atoms with van der Waals surface area (Å²) in [5, 5.41) is 0. The Hall–Kier alpha value is -2.68. The van der Waals surface area contributed by atoms with Gasteiger partial charge in [-0.3, -0.25) is 4.79 Å². The number of benzene rings is 1. The number of hydrogen-bond donors (Lipinski definition) is 0. The molecule has 2 aromatic rings. The van der Waals surface area contributed by atoms with E-state index in [0.29, 0.717) is 56.1 Å². The number of hydrogen-bond acceptors (Lipinski definition) is 5. The van der Waals surface area contributed by atoms with E-state index in [2.05, 4.69) is 14.7 Å². The number of carbonyl (C=O) groups excluding carboxylic acids is 1. The Morgan fingerprint density at radius 3 is 2.50 bits per heavy atom. The molecule has 0 saturated carbocycles. The zero-order valence-corrected chi connectivity index (χ0v) is 14.9. The highest BCUT2D eigenvalue weighted by Gasteiger charge is 2.50. The van der Waals surface area contributed by atoms with Crippen molar-refractivity contribution in [2.45, 2.75) is 19.2 Å². The van der Waals surface area contributed by atoms with Crippen molar-refractivity contribution in [3.05, 3.63) is 53.6 Å². The summed E-state index contributed by atoms with van der Waals surface area (Å²) in [7, 11) is 0. The first kappa shape index (κ1) is 18.7. The molecule has 0 atom stereocenters. The second kappa shape index (κ2) is 7.05. The zero-order valence-electron chi connectivity index (χ0n) is 14.9. The van der Waals surface area contributed by atoms with E-state index in [9.17, 15) is 18.0 Å². The number of rotatable bonds is 5. The van der Waals surface area contributed by atoms with Gasteiger partial charge in [0.1, 0.15) is 11.6 Å². The van der Waals surface area contributed by atoms with E-state index in [1.807, 2.05) is 0 Å². The second-order valence-corrected chi connectivity index (χ2v) is 7.24. The predicted octanol–water partition coefficient (Wildman–Crippen LogP) is 2.63. The van der Waals surface area contributed by atoms with Crippen LogP contribution in [0.4, 0.5) is 13.2 Å². The van der Waals surface area contributed by atoms with Crippen LogP contribution in [0.25, 0.3) is 0 Å². The van der Waals surface area contributed by atoms with Crippen LogP contribution in [-0.2, 0) is 17.6 Å². The lowest BCUT2D eigenvalue weighted by Gasteiger charge is -2.54. The molecule has 0 radical (unpaired) electrons. The molecule has 0 bridgehead atoms. The van der Waals surface area contributed by atoms with E-state index in [1.165, 1.54) is 30.6 Å². The zero-order chi connectivity index (χ0) is 19.8. The third-order valence-electron chi connectivity index (χ3n) is 4.88. The van der Waals surface area contributed by atoms with Crippen molar-refractivity contribution in [3.63, 3.8) is 0 Å². The highest BCUT2D eigenvalue weighted by molar-refractivity contribution is 5.94. The highest BCUT2D eigenvalue weighted by Crippen LogP contribution is 2.38. The first-order valence-corrected chi connectivity index (χ1v) is 8.85. The molecule has 9 heteroatoms. The molecule has 0 N–H and O–H groups in total. The Morgan fingerprint density at radius 1 is 1.18 bits per heavy atom. The van der Waals surface area contributed by atoms with Gasteiger partial charge >= 0.3 is 6.36 Å². The van der Waals surface area contributed by atoms with Gasteiger partial charge in [0, 0.05) is 31.9 Å². The molecular formula is C19H18F3N3O3. The molecule has 1 spiro atoms. The van der Waals surface area contributed by atoms with E-state index < -0.39 is 6.36 Å². The van der Waals surface area contributed by atoms with Crippen molar-refractivity contribution in [2.75, 3.05) is 26.3 Å². The van der Waals surface area contributed by atoms with E-state index in [-0.39, 0.29) is 17.1 Å². The number of halogens is 3. The Morgan fingerprint density at radius 2 is 1.89 bits per heavy atom. The summed E-state index contributed by atoms with van der Waals surface area (Å²) >= 11 is 0. The van der Waals surface area contributed by atoms with Crippen LogP contribution in [0.15, 0.2) is 36.7 Å². The van der Waals surface area contributed by atoms with Gasteiger partial charge in [0.05, 0.1) is 24.2 Å². The average molecular weight is 393 g/mol. The number of alkyl halides is 3. The molecule has 1 aromatic heterocycles. The quantitative estimate of drug-likeness (QED) is 0.782. The van der Waals surface area contributed by atoms with Gasteiger partial charge in [-0.2, -0.15) is 0 Å². The van der Waals surface area contributed by atoms with Crippen molar-refractivity contribution < 1.29 is 27.4 Å². The van der Waals surface area contributed by atoms with E-state index in [4.69, 9.17) is 4.74 Å². The first-order valence-electron chi connectivity index (χ1n) is 8.85. The van der Waals surface area contributed by atoms with Crippen LogP contribution in [0.3, 0.4) is 0 Å². The first-order chi connectivity index (χ1) is 13.3. The average Bonchev–Trinajstić information content (AvgIpc) is 2.57. The lowest BCUT2D eigenvalue weighted by molar-refractivity contribution is -0.274. The largest absolute Gasteiger partial charge is 0.573 e. The van der Waals surface area contributed by atoms with Crippen LogP contribution in [0, 0.1) is 5.41 Å². The van der Waals surface area contributed by atoms with E-state index >= 15 is 0 Å². The Bertz CT molecular complexity index is 859. The van der Waals surface area contributed by atoms with Gasteiger partial charge in [-0.1, -0.05) is 12.1 Å². The Kier molecular flexibility index (Phi) is 4.70. The molecule has 4 rings (SSSR count). The van der Waals surface area contributed by atoms with Gasteiger partial charge in [-0.15, -0.1) is 13.2 Å². The number of nitrogens with zero attached hydrogens (tertiary/aromatic N) is 3. The predicted molar refractivity (Wildman–Crippen MR) is 91.7 cm³/mol. The molecule has 148 valence electrons. The number of ether oxygens (including phenoxy) is 2. The fraction of sp³-hybridized carbons (Fsp3) is 0.421. The van der Waals surface area contributed by atoms with Gasteiger partial charge in [0.25, 0.3) is 5.91 Å². The third-order valence-corrected chi connectivity index (χ3v) is 4.88. The lowest BCUT2D eigenvalue weighted by atomic mass is 9.78. The molecule has 2 saturated heterocycles. The minimum atomic E-state index is -4.72. The van der Waals surface area contributed by atoms with Crippen LogP contribution in [-0.4, -0.2) is 53.4 Å². The van der Waals surface area contributed by atoms with E-state index in [0.717, 1.165) is 0 Å². The highest BCUT2D eigenvalue weighted by atomic mass is 19.4. The third kappa shape index (κ3) is 4.09. The lowest BCUT2D eigenvalue weighted by Crippen LogP contribution is -2.67. The van der Waals surface area contributed by atoms with Crippen molar-refractivity contribution in [1.29, 1.82) is 0 Å². The van der Waals surface area contributed by atoms with Gasteiger partial charge in [-0.25, -0.2) is 9.97 Å². The summed E-state index contributed by atoms with van der Waals surface area (Å²) in [6.07, 6.45) is -0.830. The molecule has 1 aromatic carbocycles. The van der Waals surface area contributed by atoms with Gasteiger partial charge in [-0.05, 0) is 24.1 Å². The Balaban J connectivity index is 1.31. The molecular weight excluding hydrogens is 375 g/mol. The molecule has 0 aliphatic carbocycles. The number of aryl methyl sites for hydroxylation is 2. The molecule has 2 aliphatic rings. The van der Waals surface area contributed by atoms with Crippen LogP contribution in [0.1, 0.15) is 21.7 Å². The van der Waals surface area contributed by atoms with Crippen molar-refractivity contribution in [2.24, 2.45) is 5.41 Å².